The van der Waals surface area contributed by atoms with Gasteiger partial charge < -0.3 is 10.2 Å². The molecule has 3 nitrogen and oxygen atoms in total. The number of aliphatic imine (C=N–C) groups is 1. The molecule has 0 bridgehead atoms. The van der Waals surface area contributed by atoms with E-state index in [4.69, 9.17) is 0 Å². The van der Waals surface area contributed by atoms with E-state index >= 15 is 0 Å². The molecule has 0 radical (unpaired) electrons. The van der Waals surface area contributed by atoms with Crippen LogP contribution in [0.2, 0.25) is 0 Å². The van der Waals surface area contributed by atoms with Crippen molar-refractivity contribution >= 4 is 16.9 Å². The third-order valence-electron chi connectivity index (χ3n) is 3.07. The van der Waals surface area contributed by atoms with Gasteiger partial charge in [0.05, 0.1) is 0 Å². The first-order valence-corrected chi connectivity index (χ1v) is 7.55. The number of nitrogens with zero attached hydrogens (tertiary/aromatic N) is 2. The van der Waals surface area contributed by atoms with Crippen molar-refractivity contribution in [3.63, 3.8) is 0 Å². The van der Waals surface area contributed by atoms with Crippen LogP contribution < -0.4 is 5.32 Å². The molecule has 0 aliphatic carbocycles. The molecule has 1 saturated heterocycles. The van der Waals surface area contributed by atoms with Gasteiger partial charge in [-0.2, -0.15) is 0 Å². The quantitative estimate of drug-likeness (QED) is 0.741. The summed E-state index contributed by atoms with van der Waals surface area (Å²) >= 11 is 1.85. The standard InChI is InChI=1S/C13H27N3S/c1-11(2)16(5)9-7-6-8-14-12-15-13(3,4)10-17-12/h11H,6-10H2,1-5H3,(H,14,15). The minimum atomic E-state index is 0.224. The van der Waals surface area contributed by atoms with Crippen LogP contribution in [0.4, 0.5) is 0 Å². The summed E-state index contributed by atoms with van der Waals surface area (Å²) in [7, 11) is 2.19. The zero-order chi connectivity index (χ0) is 12.9. The lowest BCUT2D eigenvalue weighted by molar-refractivity contribution is 0.269. The van der Waals surface area contributed by atoms with Crippen LogP contribution in [0, 0.1) is 0 Å². The summed E-state index contributed by atoms with van der Waals surface area (Å²) in [5.41, 5.74) is 0.224. The summed E-state index contributed by atoms with van der Waals surface area (Å²) in [5, 5.41) is 4.58. The number of unbranched alkanes of at least 4 members (excludes halogenated alkanes) is 1. The maximum atomic E-state index is 4.61. The molecular formula is C13H27N3S. The molecule has 0 atom stereocenters. The first-order valence-electron chi connectivity index (χ1n) is 6.56. The highest BCUT2D eigenvalue weighted by Gasteiger charge is 2.26. The summed E-state index contributed by atoms with van der Waals surface area (Å²) < 4.78 is 0. The molecule has 0 unspecified atom stereocenters. The highest BCUT2D eigenvalue weighted by molar-refractivity contribution is 8.14. The van der Waals surface area contributed by atoms with Crippen LogP contribution in [-0.2, 0) is 0 Å². The molecule has 1 N–H and O–H groups in total. The third-order valence-corrected chi connectivity index (χ3v) is 4.44. The Labute approximate surface area is 110 Å². The van der Waals surface area contributed by atoms with Crippen molar-refractivity contribution in [2.75, 3.05) is 25.9 Å². The minimum absolute atomic E-state index is 0.224. The molecule has 0 amide bonds. The van der Waals surface area contributed by atoms with Crippen LogP contribution in [0.25, 0.3) is 0 Å². The molecule has 0 spiro atoms. The Morgan fingerprint density at radius 3 is 2.65 bits per heavy atom. The van der Waals surface area contributed by atoms with Crippen LogP contribution in [0.15, 0.2) is 4.99 Å². The van der Waals surface area contributed by atoms with E-state index in [9.17, 15) is 0 Å². The third kappa shape index (κ3) is 5.77. The number of hydrogen-bond acceptors (Lipinski definition) is 3. The smallest absolute Gasteiger partial charge is 0.157 e. The van der Waals surface area contributed by atoms with E-state index in [-0.39, 0.29) is 5.54 Å². The molecule has 0 aromatic heterocycles. The Hall–Kier alpha value is -0.220. The molecule has 1 fully saturated rings. The molecule has 0 aromatic rings. The highest BCUT2D eigenvalue weighted by Crippen LogP contribution is 2.21. The van der Waals surface area contributed by atoms with Crippen molar-refractivity contribution < 1.29 is 0 Å². The van der Waals surface area contributed by atoms with Gasteiger partial charge >= 0.3 is 0 Å². The second kappa shape index (κ2) is 6.64. The fraction of sp³-hybridized carbons (Fsp3) is 0.923. The van der Waals surface area contributed by atoms with Crippen LogP contribution in [0.3, 0.4) is 0 Å². The largest absolute Gasteiger partial charge is 0.359 e. The van der Waals surface area contributed by atoms with Gasteiger partial charge in [0.1, 0.15) is 0 Å². The molecule has 1 rings (SSSR count). The first-order chi connectivity index (χ1) is 7.91. The van der Waals surface area contributed by atoms with E-state index in [1.165, 1.54) is 19.4 Å². The van der Waals surface area contributed by atoms with Gasteiger partial charge in [0.2, 0.25) is 0 Å². The van der Waals surface area contributed by atoms with Crippen molar-refractivity contribution in [1.29, 1.82) is 0 Å². The van der Waals surface area contributed by atoms with Gasteiger partial charge in [-0.1, -0.05) is 11.8 Å². The Bertz CT molecular complexity index is 261. The lowest BCUT2D eigenvalue weighted by atomic mass is 10.1. The van der Waals surface area contributed by atoms with Gasteiger partial charge in [-0.15, -0.1) is 0 Å². The topological polar surface area (TPSA) is 27.6 Å². The predicted molar refractivity (Wildman–Crippen MR) is 79.0 cm³/mol. The van der Waals surface area contributed by atoms with E-state index in [1.54, 1.807) is 0 Å². The fourth-order valence-electron chi connectivity index (χ4n) is 1.61. The second-order valence-corrected chi connectivity index (χ2v) is 6.73. The van der Waals surface area contributed by atoms with E-state index < -0.39 is 0 Å². The number of hydrogen-bond donors (Lipinski definition) is 1. The molecule has 1 aliphatic rings. The molecule has 100 valence electrons. The van der Waals surface area contributed by atoms with E-state index in [2.05, 4.69) is 50.0 Å². The van der Waals surface area contributed by atoms with Gasteiger partial charge in [-0.05, 0) is 54.1 Å². The van der Waals surface area contributed by atoms with E-state index in [0.29, 0.717) is 6.04 Å². The number of thioether (sulfide) groups is 1. The number of amidine groups is 1. The Balaban J connectivity index is 2.10. The Morgan fingerprint density at radius 2 is 2.12 bits per heavy atom. The molecule has 4 heteroatoms. The van der Waals surface area contributed by atoms with Crippen molar-refractivity contribution in [3.8, 4) is 0 Å². The summed E-state index contributed by atoms with van der Waals surface area (Å²) in [6.45, 7) is 11.1. The zero-order valence-electron chi connectivity index (χ0n) is 11.9. The second-order valence-electron chi connectivity index (χ2n) is 5.77. The Kier molecular flexibility index (Phi) is 5.80. The molecular weight excluding hydrogens is 230 g/mol. The average Bonchev–Trinajstić information content (AvgIpc) is 2.57. The van der Waals surface area contributed by atoms with Crippen LogP contribution in [-0.4, -0.2) is 47.5 Å². The van der Waals surface area contributed by atoms with Gasteiger partial charge in [0.15, 0.2) is 5.17 Å². The van der Waals surface area contributed by atoms with Gasteiger partial charge in [0, 0.05) is 23.9 Å². The summed E-state index contributed by atoms with van der Waals surface area (Å²) in [6.07, 6.45) is 2.42. The fourth-order valence-corrected chi connectivity index (χ4v) is 2.71. The highest BCUT2D eigenvalue weighted by atomic mass is 32.2. The first kappa shape index (κ1) is 14.8. The average molecular weight is 257 g/mol. The van der Waals surface area contributed by atoms with Crippen molar-refractivity contribution in [3.05, 3.63) is 0 Å². The molecule has 1 heterocycles. The van der Waals surface area contributed by atoms with Gasteiger partial charge in [0.25, 0.3) is 0 Å². The number of rotatable bonds is 6. The lowest BCUT2D eigenvalue weighted by Crippen LogP contribution is -2.36. The van der Waals surface area contributed by atoms with Gasteiger partial charge in [-0.3, -0.25) is 4.99 Å². The predicted octanol–water partition coefficient (Wildman–Crippen LogP) is 2.58. The molecule has 17 heavy (non-hydrogen) atoms. The molecule has 0 aromatic carbocycles. The van der Waals surface area contributed by atoms with Crippen LogP contribution in [0.5, 0.6) is 0 Å². The van der Waals surface area contributed by atoms with E-state index in [0.717, 1.165) is 17.5 Å². The van der Waals surface area contributed by atoms with Crippen LogP contribution >= 0.6 is 11.8 Å². The molecule has 1 aliphatic heterocycles. The summed E-state index contributed by atoms with van der Waals surface area (Å²) in [4.78, 5) is 7.00. The number of nitrogens with one attached hydrogen (secondary N) is 1. The van der Waals surface area contributed by atoms with Crippen molar-refractivity contribution in [1.82, 2.24) is 10.2 Å². The summed E-state index contributed by atoms with van der Waals surface area (Å²) in [5.74, 6) is 1.13. The lowest BCUT2D eigenvalue weighted by Gasteiger charge is -2.20. The summed E-state index contributed by atoms with van der Waals surface area (Å²) in [6, 6.07) is 0.647. The molecule has 0 saturated carbocycles. The van der Waals surface area contributed by atoms with E-state index in [1.807, 2.05) is 11.8 Å². The minimum Gasteiger partial charge on any atom is -0.359 e. The monoisotopic (exact) mass is 257 g/mol. The van der Waals surface area contributed by atoms with Crippen molar-refractivity contribution in [2.24, 2.45) is 4.99 Å². The SMILES string of the molecule is CC(C)N(C)CCCCN=C1NC(C)(C)CS1. The maximum Gasteiger partial charge on any atom is 0.157 e. The Morgan fingerprint density at radius 1 is 1.41 bits per heavy atom. The normalized spacial score (nSPS) is 21.5. The maximum absolute atomic E-state index is 4.61. The van der Waals surface area contributed by atoms with Gasteiger partial charge in [-0.25, -0.2) is 0 Å². The zero-order valence-corrected chi connectivity index (χ0v) is 12.7. The van der Waals surface area contributed by atoms with Crippen molar-refractivity contribution in [2.45, 2.75) is 52.1 Å². The van der Waals surface area contributed by atoms with Crippen LogP contribution in [0.1, 0.15) is 40.5 Å².